The van der Waals surface area contributed by atoms with E-state index in [4.69, 9.17) is 4.74 Å². The quantitative estimate of drug-likeness (QED) is 0.539. The van der Waals surface area contributed by atoms with Crippen molar-refractivity contribution in [2.75, 3.05) is 0 Å². The molecule has 0 aromatic carbocycles. The monoisotopic (exact) mass is 168 g/mol. The largest absolute Gasteiger partial charge is 0.369 e. The van der Waals surface area contributed by atoms with Gasteiger partial charge in [-0.1, -0.05) is 19.3 Å². The SMILES string of the molecule is CC1(C)CCC2(CCCCC2)O1. The van der Waals surface area contributed by atoms with Gasteiger partial charge in [0.2, 0.25) is 0 Å². The molecule has 12 heavy (non-hydrogen) atoms. The van der Waals surface area contributed by atoms with Crippen LogP contribution in [0, 0.1) is 0 Å². The van der Waals surface area contributed by atoms with Crippen LogP contribution < -0.4 is 0 Å². The molecule has 1 heterocycles. The Morgan fingerprint density at radius 3 is 2.00 bits per heavy atom. The lowest BCUT2D eigenvalue weighted by molar-refractivity contribution is -0.103. The molecule has 0 unspecified atom stereocenters. The van der Waals surface area contributed by atoms with Crippen LogP contribution in [0.2, 0.25) is 0 Å². The third-order valence-electron chi connectivity index (χ3n) is 3.44. The van der Waals surface area contributed by atoms with Gasteiger partial charge < -0.3 is 4.74 Å². The normalized spacial score (nSPS) is 32.5. The van der Waals surface area contributed by atoms with Crippen molar-refractivity contribution in [3.63, 3.8) is 0 Å². The molecule has 1 saturated carbocycles. The molecule has 2 fully saturated rings. The van der Waals surface area contributed by atoms with Crippen molar-refractivity contribution in [3.05, 3.63) is 0 Å². The van der Waals surface area contributed by atoms with Crippen molar-refractivity contribution in [1.82, 2.24) is 0 Å². The first kappa shape index (κ1) is 8.55. The Morgan fingerprint density at radius 2 is 1.50 bits per heavy atom. The molecule has 1 aliphatic heterocycles. The van der Waals surface area contributed by atoms with E-state index in [9.17, 15) is 0 Å². The Kier molecular flexibility index (Phi) is 1.95. The molecule has 0 atom stereocenters. The van der Waals surface area contributed by atoms with Crippen molar-refractivity contribution in [2.45, 2.75) is 70.0 Å². The number of rotatable bonds is 0. The Hall–Kier alpha value is -0.0400. The summed E-state index contributed by atoms with van der Waals surface area (Å²) in [6, 6.07) is 0. The highest BCUT2D eigenvalue weighted by atomic mass is 16.5. The fourth-order valence-electron chi connectivity index (χ4n) is 2.77. The van der Waals surface area contributed by atoms with Crippen molar-refractivity contribution in [3.8, 4) is 0 Å². The van der Waals surface area contributed by atoms with E-state index in [0.29, 0.717) is 5.60 Å². The molecule has 1 nitrogen and oxygen atoms in total. The van der Waals surface area contributed by atoms with E-state index < -0.39 is 0 Å². The first-order valence-corrected chi connectivity index (χ1v) is 5.32. The summed E-state index contributed by atoms with van der Waals surface area (Å²) in [5.74, 6) is 0. The highest BCUT2D eigenvalue weighted by Crippen LogP contribution is 2.45. The second-order valence-corrected chi connectivity index (χ2v) is 5.11. The van der Waals surface area contributed by atoms with Gasteiger partial charge in [0.1, 0.15) is 0 Å². The average Bonchev–Trinajstić information content (AvgIpc) is 2.29. The molecular formula is C11H20O. The maximum Gasteiger partial charge on any atom is 0.0690 e. The van der Waals surface area contributed by atoms with Gasteiger partial charge >= 0.3 is 0 Å². The van der Waals surface area contributed by atoms with Crippen LogP contribution >= 0.6 is 0 Å². The topological polar surface area (TPSA) is 9.23 Å². The van der Waals surface area contributed by atoms with E-state index in [1.54, 1.807) is 0 Å². The molecule has 0 amide bonds. The van der Waals surface area contributed by atoms with E-state index in [0.717, 1.165) is 0 Å². The third-order valence-corrected chi connectivity index (χ3v) is 3.44. The lowest BCUT2D eigenvalue weighted by atomic mass is 9.83. The van der Waals surface area contributed by atoms with Gasteiger partial charge in [0, 0.05) is 0 Å². The summed E-state index contributed by atoms with van der Waals surface area (Å²) < 4.78 is 6.18. The smallest absolute Gasteiger partial charge is 0.0690 e. The molecule has 2 aliphatic rings. The second kappa shape index (κ2) is 2.73. The van der Waals surface area contributed by atoms with Gasteiger partial charge in [-0.05, 0) is 39.5 Å². The summed E-state index contributed by atoms with van der Waals surface area (Å²) in [5, 5.41) is 0. The van der Waals surface area contributed by atoms with Crippen LogP contribution in [-0.4, -0.2) is 11.2 Å². The zero-order chi connectivity index (χ0) is 8.66. The molecule has 1 spiro atoms. The fourth-order valence-corrected chi connectivity index (χ4v) is 2.77. The molecule has 0 N–H and O–H groups in total. The molecule has 1 saturated heterocycles. The van der Waals surface area contributed by atoms with Crippen molar-refractivity contribution < 1.29 is 4.74 Å². The predicted octanol–water partition coefficient (Wildman–Crippen LogP) is 3.28. The second-order valence-electron chi connectivity index (χ2n) is 5.11. The van der Waals surface area contributed by atoms with Gasteiger partial charge in [-0.25, -0.2) is 0 Å². The van der Waals surface area contributed by atoms with Gasteiger partial charge in [0.15, 0.2) is 0 Å². The van der Waals surface area contributed by atoms with E-state index in [-0.39, 0.29) is 5.60 Å². The molecule has 1 heteroatoms. The molecule has 70 valence electrons. The lowest BCUT2D eigenvalue weighted by Crippen LogP contribution is -2.34. The summed E-state index contributed by atoms with van der Waals surface area (Å²) in [6.45, 7) is 4.46. The van der Waals surface area contributed by atoms with E-state index in [2.05, 4.69) is 13.8 Å². The number of ether oxygens (including phenoxy) is 1. The Labute approximate surface area is 75.5 Å². The minimum atomic E-state index is 0.164. The average molecular weight is 168 g/mol. The van der Waals surface area contributed by atoms with Gasteiger partial charge in [-0.15, -0.1) is 0 Å². The molecule has 0 aromatic heterocycles. The Morgan fingerprint density at radius 1 is 0.833 bits per heavy atom. The molecule has 0 radical (unpaired) electrons. The Bertz CT molecular complexity index is 166. The summed E-state index contributed by atoms with van der Waals surface area (Å²) in [4.78, 5) is 0. The first-order chi connectivity index (χ1) is 5.62. The number of hydrogen-bond acceptors (Lipinski definition) is 1. The van der Waals surface area contributed by atoms with Crippen LogP contribution in [0.5, 0.6) is 0 Å². The molecule has 2 rings (SSSR count). The Balaban J connectivity index is 2.03. The molecular weight excluding hydrogens is 148 g/mol. The van der Waals surface area contributed by atoms with Gasteiger partial charge in [-0.3, -0.25) is 0 Å². The van der Waals surface area contributed by atoms with E-state index in [1.165, 1.54) is 44.9 Å². The predicted molar refractivity (Wildman–Crippen MR) is 50.2 cm³/mol. The van der Waals surface area contributed by atoms with Gasteiger partial charge in [0.25, 0.3) is 0 Å². The highest BCUT2D eigenvalue weighted by Gasteiger charge is 2.44. The van der Waals surface area contributed by atoms with Crippen molar-refractivity contribution in [1.29, 1.82) is 0 Å². The summed E-state index contributed by atoms with van der Waals surface area (Å²) in [5.41, 5.74) is 0.471. The van der Waals surface area contributed by atoms with Crippen LogP contribution in [0.3, 0.4) is 0 Å². The third kappa shape index (κ3) is 1.52. The molecule has 0 aromatic rings. The zero-order valence-corrected chi connectivity index (χ0v) is 8.36. The minimum Gasteiger partial charge on any atom is -0.369 e. The molecule has 0 bridgehead atoms. The van der Waals surface area contributed by atoms with Crippen LogP contribution in [0.25, 0.3) is 0 Å². The van der Waals surface area contributed by atoms with Crippen LogP contribution in [0.15, 0.2) is 0 Å². The maximum absolute atomic E-state index is 6.18. The van der Waals surface area contributed by atoms with Crippen LogP contribution in [0.4, 0.5) is 0 Å². The highest BCUT2D eigenvalue weighted by molar-refractivity contribution is 4.94. The zero-order valence-electron chi connectivity index (χ0n) is 8.36. The lowest BCUT2D eigenvalue weighted by Gasteiger charge is -2.35. The van der Waals surface area contributed by atoms with E-state index in [1.807, 2.05) is 0 Å². The first-order valence-electron chi connectivity index (χ1n) is 5.32. The number of hydrogen-bond donors (Lipinski definition) is 0. The van der Waals surface area contributed by atoms with E-state index >= 15 is 0 Å². The fraction of sp³-hybridized carbons (Fsp3) is 1.00. The minimum absolute atomic E-state index is 0.164. The van der Waals surface area contributed by atoms with Gasteiger partial charge in [0.05, 0.1) is 11.2 Å². The summed E-state index contributed by atoms with van der Waals surface area (Å²) >= 11 is 0. The summed E-state index contributed by atoms with van der Waals surface area (Å²) in [7, 11) is 0. The van der Waals surface area contributed by atoms with Crippen LogP contribution in [0.1, 0.15) is 58.8 Å². The van der Waals surface area contributed by atoms with Crippen molar-refractivity contribution >= 4 is 0 Å². The molecule has 1 aliphatic carbocycles. The van der Waals surface area contributed by atoms with Crippen LogP contribution in [-0.2, 0) is 4.74 Å². The van der Waals surface area contributed by atoms with Crippen molar-refractivity contribution in [2.24, 2.45) is 0 Å². The standard InChI is InChI=1S/C11H20O/c1-10(2)8-9-11(12-10)6-4-3-5-7-11/h3-9H2,1-2H3. The van der Waals surface area contributed by atoms with Gasteiger partial charge in [-0.2, -0.15) is 0 Å². The summed E-state index contributed by atoms with van der Waals surface area (Å²) in [6.07, 6.45) is 9.39. The maximum atomic E-state index is 6.18.